The van der Waals surface area contributed by atoms with Gasteiger partial charge in [0.1, 0.15) is 18.1 Å². The van der Waals surface area contributed by atoms with Gasteiger partial charge in [-0.05, 0) is 32.9 Å². The summed E-state index contributed by atoms with van der Waals surface area (Å²) in [6.45, 7) is 5.91. The maximum Gasteiger partial charge on any atom is 0.265 e. The lowest BCUT2D eigenvalue weighted by Crippen LogP contribution is -2.43. The van der Waals surface area contributed by atoms with Crippen LogP contribution in [-0.2, 0) is 16.1 Å². The van der Waals surface area contributed by atoms with E-state index in [4.69, 9.17) is 4.74 Å². The number of rotatable bonds is 4. The number of ether oxygens (including phenoxy) is 1. The van der Waals surface area contributed by atoms with Crippen LogP contribution < -0.4 is 15.0 Å². The minimum atomic E-state index is -0.502. The lowest BCUT2D eigenvalue weighted by Gasteiger charge is -2.28. The van der Waals surface area contributed by atoms with Crippen LogP contribution in [0.3, 0.4) is 0 Å². The van der Waals surface area contributed by atoms with Crippen molar-refractivity contribution in [1.29, 1.82) is 0 Å². The largest absolute Gasteiger partial charge is 0.482 e. The number of halogens is 1. The van der Waals surface area contributed by atoms with E-state index in [-0.39, 0.29) is 24.7 Å². The number of nitrogens with zero attached hydrogens (tertiary/aromatic N) is 3. The van der Waals surface area contributed by atoms with E-state index >= 15 is 0 Å². The van der Waals surface area contributed by atoms with E-state index in [9.17, 15) is 14.0 Å². The van der Waals surface area contributed by atoms with E-state index in [1.54, 1.807) is 11.6 Å². The molecule has 1 aliphatic heterocycles. The van der Waals surface area contributed by atoms with Crippen LogP contribution in [-0.4, -0.2) is 34.7 Å². The predicted molar refractivity (Wildman–Crippen MR) is 90.3 cm³/mol. The summed E-state index contributed by atoms with van der Waals surface area (Å²) in [7, 11) is 0. The van der Waals surface area contributed by atoms with Gasteiger partial charge in [-0.1, -0.05) is 0 Å². The topological polar surface area (TPSA) is 76.5 Å². The van der Waals surface area contributed by atoms with Crippen LogP contribution >= 0.6 is 0 Å². The van der Waals surface area contributed by atoms with E-state index in [2.05, 4.69) is 10.4 Å². The van der Waals surface area contributed by atoms with Crippen LogP contribution in [0.15, 0.2) is 18.2 Å². The van der Waals surface area contributed by atoms with Crippen molar-refractivity contribution in [3.8, 4) is 5.75 Å². The third kappa shape index (κ3) is 3.19. The summed E-state index contributed by atoms with van der Waals surface area (Å²) in [5.74, 6) is -0.906. The van der Waals surface area contributed by atoms with E-state index in [0.717, 1.165) is 5.69 Å². The molecule has 0 aliphatic carbocycles. The Labute approximate surface area is 144 Å². The van der Waals surface area contributed by atoms with Gasteiger partial charge in [-0.2, -0.15) is 5.10 Å². The molecule has 2 aromatic rings. The predicted octanol–water partition coefficient (Wildman–Crippen LogP) is 2.02. The summed E-state index contributed by atoms with van der Waals surface area (Å²) in [5, 5.41) is 7.14. The van der Waals surface area contributed by atoms with Gasteiger partial charge in [0.05, 0.1) is 22.8 Å². The zero-order chi connectivity index (χ0) is 18.1. The third-order valence-electron chi connectivity index (χ3n) is 4.11. The van der Waals surface area contributed by atoms with E-state index in [1.807, 2.05) is 13.8 Å². The molecule has 25 heavy (non-hydrogen) atoms. The molecule has 132 valence electrons. The normalized spacial score (nSPS) is 13.4. The molecule has 0 saturated heterocycles. The average molecular weight is 346 g/mol. The first kappa shape index (κ1) is 16.9. The van der Waals surface area contributed by atoms with Crippen molar-refractivity contribution in [2.24, 2.45) is 0 Å². The zero-order valence-corrected chi connectivity index (χ0v) is 14.3. The van der Waals surface area contributed by atoms with Gasteiger partial charge >= 0.3 is 0 Å². The standard InChI is InChI=1S/C17H19FN4O3/c1-4-22-11(3)17(10(2)20-22)19-15(23)8-21-13-7-12(18)5-6-14(13)25-9-16(21)24/h5-7H,4,8-9H2,1-3H3,(H,19,23). The summed E-state index contributed by atoms with van der Waals surface area (Å²) in [5.41, 5.74) is 2.43. The van der Waals surface area contributed by atoms with Gasteiger partial charge in [0.2, 0.25) is 5.91 Å². The number of aryl methyl sites for hydroxylation is 2. The Hall–Kier alpha value is -2.90. The molecule has 0 radical (unpaired) electrons. The Balaban J connectivity index is 1.81. The molecule has 0 atom stereocenters. The number of benzene rings is 1. The third-order valence-corrected chi connectivity index (χ3v) is 4.11. The summed E-state index contributed by atoms with van der Waals surface area (Å²) in [6.07, 6.45) is 0. The number of aromatic nitrogens is 2. The maximum atomic E-state index is 13.5. The van der Waals surface area contributed by atoms with Crippen molar-refractivity contribution in [2.45, 2.75) is 27.3 Å². The Kier molecular flexibility index (Phi) is 4.43. The molecule has 7 nitrogen and oxygen atoms in total. The highest BCUT2D eigenvalue weighted by atomic mass is 19.1. The zero-order valence-electron chi connectivity index (χ0n) is 14.3. The van der Waals surface area contributed by atoms with Gasteiger partial charge in [-0.25, -0.2) is 4.39 Å². The monoisotopic (exact) mass is 346 g/mol. The number of fused-ring (bicyclic) bond motifs is 1. The van der Waals surface area contributed by atoms with Gasteiger partial charge in [0, 0.05) is 12.6 Å². The Morgan fingerprint density at radius 1 is 1.40 bits per heavy atom. The number of anilines is 2. The number of carbonyl (C=O) groups is 2. The molecule has 3 rings (SSSR count). The average Bonchev–Trinajstić information content (AvgIpc) is 2.85. The van der Waals surface area contributed by atoms with E-state index in [1.165, 1.54) is 23.1 Å². The molecule has 0 fully saturated rings. The van der Waals surface area contributed by atoms with Gasteiger partial charge < -0.3 is 10.1 Å². The van der Waals surface area contributed by atoms with Gasteiger partial charge in [-0.3, -0.25) is 19.2 Å². The molecule has 0 saturated carbocycles. The van der Waals surface area contributed by atoms with Crippen molar-refractivity contribution in [2.75, 3.05) is 23.4 Å². The number of carbonyl (C=O) groups excluding carboxylic acids is 2. The molecule has 1 aromatic heterocycles. The minimum absolute atomic E-state index is 0.183. The van der Waals surface area contributed by atoms with Gasteiger partial charge in [0.25, 0.3) is 5.91 Å². The maximum absolute atomic E-state index is 13.5. The molecule has 0 unspecified atom stereocenters. The van der Waals surface area contributed by atoms with Crippen molar-refractivity contribution in [3.05, 3.63) is 35.4 Å². The van der Waals surface area contributed by atoms with Gasteiger partial charge in [0.15, 0.2) is 6.61 Å². The molecular weight excluding hydrogens is 327 g/mol. The highest BCUT2D eigenvalue weighted by molar-refractivity contribution is 6.05. The molecule has 1 aliphatic rings. The highest BCUT2D eigenvalue weighted by Crippen LogP contribution is 2.32. The lowest BCUT2D eigenvalue weighted by molar-refractivity contribution is -0.123. The quantitative estimate of drug-likeness (QED) is 0.919. The molecule has 0 spiro atoms. The molecule has 2 heterocycles. The molecule has 0 bridgehead atoms. The molecule has 1 aromatic carbocycles. The Bertz CT molecular complexity index is 847. The Morgan fingerprint density at radius 3 is 2.84 bits per heavy atom. The van der Waals surface area contributed by atoms with Crippen LogP contribution in [0, 0.1) is 19.7 Å². The second kappa shape index (κ2) is 6.54. The SMILES string of the molecule is CCn1nc(C)c(NC(=O)CN2C(=O)COc3ccc(F)cc32)c1C. The second-order valence-electron chi connectivity index (χ2n) is 5.79. The molecule has 1 N–H and O–H groups in total. The van der Waals surface area contributed by atoms with Gasteiger partial charge in [-0.15, -0.1) is 0 Å². The number of hydrogen-bond donors (Lipinski definition) is 1. The molecule has 8 heteroatoms. The smallest absolute Gasteiger partial charge is 0.265 e. The summed E-state index contributed by atoms with van der Waals surface area (Å²) in [4.78, 5) is 25.8. The molecule has 2 amide bonds. The first-order chi connectivity index (χ1) is 11.9. The number of nitrogens with one attached hydrogen (secondary N) is 1. The van der Waals surface area contributed by atoms with Crippen molar-refractivity contribution >= 4 is 23.2 Å². The van der Waals surface area contributed by atoms with Crippen LogP contribution in [0.5, 0.6) is 5.75 Å². The number of amides is 2. The van der Waals surface area contributed by atoms with Crippen LogP contribution in [0.2, 0.25) is 0 Å². The highest BCUT2D eigenvalue weighted by Gasteiger charge is 2.28. The minimum Gasteiger partial charge on any atom is -0.482 e. The van der Waals surface area contributed by atoms with Crippen LogP contribution in [0.4, 0.5) is 15.8 Å². The fourth-order valence-electron chi connectivity index (χ4n) is 2.86. The van der Waals surface area contributed by atoms with Crippen LogP contribution in [0.25, 0.3) is 0 Å². The summed E-state index contributed by atoms with van der Waals surface area (Å²) < 4.78 is 20.6. The van der Waals surface area contributed by atoms with E-state index < -0.39 is 11.7 Å². The summed E-state index contributed by atoms with van der Waals surface area (Å²) >= 11 is 0. The van der Waals surface area contributed by atoms with Crippen molar-refractivity contribution < 1.29 is 18.7 Å². The number of hydrogen-bond acceptors (Lipinski definition) is 4. The fraction of sp³-hybridized carbons (Fsp3) is 0.353. The summed E-state index contributed by atoms with van der Waals surface area (Å²) in [6, 6.07) is 3.88. The van der Waals surface area contributed by atoms with Crippen molar-refractivity contribution in [3.63, 3.8) is 0 Å². The second-order valence-corrected chi connectivity index (χ2v) is 5.79. The van der Waals surface area contributed by atoms with E-state index in [0.29, 0.717) is 23.7 Å². The molecular formula is C17H19FN4O3. The fourth-order valence-corrected chi connectivity index (χ4v) is 2.86. The Morgan fingerprint density at radius 2 is 2.16 bits per heavy atom. The first-order valence-electron chi connectivity index (χ1n) is 7.97. The van der Waals surface area contributed by atoms with Crippen molar-refractivity contribution in [1.82, 2.24) is 9.78 Å². The first-order valence-corrected chi connectivity index (χ1v) is 7.97. The van der Waals surface area contributed by atoms with Crippen LogP contribution in [0.1, 0.15) is 18.3 Å². The lowest BCUT2D eigenvalue weighted by atomic mass is 10.2.